The van der Waals surface area contributed by atoms with E-state index in [9.17, 15) is 14.4 Å². The second-order valence-corrected chi connectivity index (χ2v) is 8.28. The van der Waals surface area contributed by atoms with Crippen molar-refractivity contribution >= 4 is 35.2 Å². The zero-order valence-corrected chi connectivity index (χ0v) is 16.7. The molecule has 0 unspecified atom stereocenters. The van der Waals surface area contributed by atoms with Gasteiger partial charge in [-0.25, -0.2) is 0 Å². The summed E-state index contributed by atoms with van der Waals surface area (Å²) in [6.45, 7) is 8.37. The monoisotopic (exact) mass is 377 g/mol. The molecule has 26 heavy (non-hydrogen) atoms. The van der Waals surface area contributed by atoms with Crippen molar-refractivity contribution in [1.29, 1.82) is 0 Å². The van der Waals surface area contributed by atoms with Gasteiger partial charge in [-0.2, -0.15) is 0 Å². The van der Waals surface area contributed by atoms with Crippen LogP contribution in [0, 0.1) is 0 Å². The molecular formula is C19H27N3O3S. The van der Waals surface area contributed by atoms with E-state index >= 15 is 0 Å². The van der Waals surface area contributed by atoms with Gasteiger partial charge in [0, 0.05) is 29.9 Å². The number of hydrogen-bond donors (Lipinski definition) is 1. The molecule has 6 nitrogen and oxygen atoms in total. The number of nitrogens with zero attached hydrogens (tertiary/aromatic N) is 2. The highest BCUT2D eigenvalue weighted by Crippen LogP contribution is 2.34. The molecule has 142 valence electrons. The lowest BCUT2D eigenvalue weighted by Crippen LogP contribution is -2.48. The van der Waals surface area contributed by atoms with Crippen LogP contribution in [0.2, 0.25) is 0 Å². The lowest BCUT2D eigenvalue weighted by Gasteiger charge is -2.30. The van der Waals surface area contributed by atoms with Gasteiger partial charge >= 0.3 is 0 Å². The van der Waals surface area contributed by atoms with Crippen molar-refractivity contribution in [1.82, 2.24) is 10.2 Å². The Balaban J connectivity index is 1.96. The highest BCUT2D eigenvalue weighted by atomic mass is 32.2. The lowest BCUT2D eigenvalue weighted by molar-refractivity contribution is -0.136. The van der Waals surface area contributed by atoms with Crippen molar-refractivity contribution in [3.05, 3.63) is 24.3 Å². The van der Waals surface area contributed by atoms with Gasteiger partial charge < -0.3 is 15.1 Å². The summed E-state index contributed by atoms with van der Waals surface area (Å²) in [6, 6.07) is 7.72. The molecule has 1 heterocycles. The van der Waals surface area contributed by atoms with Crippen molar-refractivity contribution < 1.29 is 14.4 Å². The minimum atomic E-state index is -0.332. The number of anilines is 1. The molecule has 7 heteroatoms. The number of para-hydroxylation sites is 1. The fraction of sp³-hybridized carbons (Fsp3) is 0.526. The van der Waals surface area contributed by atoms with Crippen LogP contribution in [0.4, 0.5) is 5.69 Å². The highest BCUT2D eigenvalue weighted by molar-refractivity contribution is 8.00. The number of carbonyl (C=O) groups excluding carboxylic acids is 3. The number of benzene rings is 1. The summed E-state index contributed by atoms with van der Waals surface area (Å²) in [4.78, 5) is 41.1. The van der Waals surface area contributed by atoms with Crippen molar-refractivity contribution in [2.75, 3.05) is 30.3 Å². The second kappa shape index (κ2) is 8.58. The molecule has 1 aliphatic rings. The van der Waals surface area contributed by atoms with Crippen LogP contribution in [0.15, 0.2) is 29.2 Å². The van der Waals surface area contributed by atoms with Crippen LogP contribution in [0.25, 0.3) is 0 Å². The number of carbonyl (C=O) groups is 3. The van der Waals surface area contributed by atoms with Crippen LogP contribution in [0.3, 0.4) is 0 Å². The van der Waals surface area contributed by atoms with Gasteiger partial charge in [-0.15, -0.1) is 11.8 Å². The molecule has 0 saturated heterocycles. The maximum atomic E-state index is 12.5. The zero-order valence-electron chi connectivity index (χ0n) is 15.9. The van der Waals surface area contributed by atoms with E-state index in [2.05, 4.69) is 5.32 Å². The molecule has 0 atom stereocenters. The molecule has 0 aromatic heterocycles. The Morgan fingerprint density at radius 1 is 1.27 bits per heavy atom. The maximum absolute atomic E-state index is 12.5. The van der Waals surface area contributed by atoms with Gasteiger partial charge in [0.15, 0.2) is 0 Å². The van der Waals surface area contributed by atoms with E-state index in [4.69, 9.17) is 0 Å². The summed E-state index contributed by atoms with van der Waals surface area (Å²) < 4.78 is 0. The fourth-order valence-electron chi connectivity index (χ4n) is 2.77. The van der Waals surface area contributed by atoms with Crippen LogP contribution >= 0.6 is 11.8 Å². The lowest BCUT2D eigenvalue weighted by atomic mass is 10.1. The summed E-state index contributed by atoms with van der Waals surface area (Å²) in [7, 11) is 0. The Bertz CT molecular complexity index is 685. The van der Waals surface area contributed by atoms with E-state index in [0.717, 1.165) is 10.6 Å². The largest absolute Gasteiger partial charge is 0.350 e. The van der Waals surface area contributed by atoms with Gasteiger partial charge in [0.25, 0.3) is 0 Å². The Morgan fingerprint density at radius 3 is 2.62 bits per heavy atom. The molecule has 2 rings (SSSR count). The molecule has 0 spiro atoms. The smallest absolute Gasteiger partial charge is 0.240 e. The summed E-state index contributed by atoms with van der Waals surface area (Å²) in [5.41, 5.74) is 0.524. The number of likely N-dealkylation sites (N-methyl/N-ethyl adjacent to an activating group) is 1. The maximum Gasteiger partial charge on any atom is 0.240 e. The summed E-state index contributed by atoms with van der Waals surface area (Å²) >= 11 is 1.52. The first-order chi connectivity index (χ1) is 12.2. The third-order valence-electron chi connectivity index (χ3n) is 3.94. The van der Waals surface area contributed by atoms with E-state index in [0.29, 0.717) is 18.8 Å². The fourth-order valence-corrected chi connectivity index (χ4v) is 3.71. The summed E-state index contributed by atoms with van der Waals surface area (Å²) in [6.07, 6.45) is 0.196. The Kier molecular flexibility index (Phi) is 6.69. The number of rotatable bonds is 6. The summed E-state index contributed by atoms with van der Waals surface area (Å²) in [5, 5.41) is 2.86. The topological polar surface area (TPSA) is 69.7 Å². The van der Waals surface area contributed by atoms with Gasteiger partial charge in [-0.1, -0.05) is 12.1 Å². The van der Waals surface area contributed by atoms with Gasteiger partial charge in [0.2, 0.25) is 17.7 Å². The molecule has 1 aromatic rings. The number of fused-ring (bicyclic) bond motifs is 1. The van der Waals surface area contributed by atoms with Crippen molar-refractivity contribution in [3.8, 4) is 0 Å². The highest BCUT2D eigenvalue weighted by Gasteiger charge is 2.26. The van der Waals surface area contributed by atoms with Crippen LogP contribution in [-0.4, -0.2) is 53.5 Å². The third-order valence-corrected chi connectivity index (χ3v) is 4.99. The van der Waals surface area contributed by atoms with Crippen LogP contribution < -0.4 is 10.2 Å². The van der Waals surface area contributed by atoms with Gasteiger partial charge in [0.1, 0.15) is 0 Å². The third kappa shape index (κ3) is 5.49. The predicted octanol–water partition coefficient (Wildman–Crippen LogP) is 2.28. The van der Waals surface area contributed by atoms with Crippen molar-refractivity contribution in [2.24, 2.45) is 0 Å². The molecule has 0 radical (unpaired) electrons. The van der Waals surface area contributed by atoms with Gasteiger partial charge in [0.05, 0.1) is 18.0 Å². The van der Waals surface area contributed by atoms with E-state index in [1.54, 1.807) is 4.90 Å². The predicted molar refractivity (Wildman–Crippen MR) is 104 cm³/mol. The van der Waals surface area contributed by atoms with E-state index < -0.39 is 0 Å². The normalized spacial score (nSPS) is 14.0. The van der Waals surface area contributed by atoms with E-state index in [-0.39, 0.29) is 36.2 Å². The SMILES string of the molecule is CCN(CC(=O)NC(C)(C)C)C(=O)CCN1C(=O)CSc2ccccc21. The second-order valence-electron chi connectivity index (χ2n) is 7.26. The Morgan fingerprint density at radius 2 is 1.96 bits per heavy atom. The van der Waals surface area contributed by atoms with Crippen LogP contribution in [-0.2, 0) is 14.4 Å². The number of thioether (sulfide) groups is 1. The first-order valence-electron chi connectivity index (χ1n) is 8.82. The molecule has 0 fully saturated rings. The van der Waals surface area contributed by atoms with E-state index in [1.807, 2.05) is 52.0 Å². The average molecular weight is 378 g/mol. The van der Waals surface area contributed by atoms with Crippen molar-refractivity contribution in [2.45, 2.75) is 44.6 Å². The van der Waals surface area contributed by atoms with Crippen LogP contribution in [0.1, 0.15) is 34.1 Å². The Labute approximate surface area is 159 Å². The first kappa shape index (κ1) is 20.3. The standard InChI is InChI=1S/C19H27N3O3S/c1-5-21(12-16(23)20-19(2,3)4)17(24)10-11-22-14-8-6-7-9-15(14)26-13-18(22)25/h6-9H,5,10-13H2,1-4H3,(H,20,23). The molecule has 0 bridgehead atoms. The van der Waals surface area contributed by atoms with Gasteiger partial charge in [-0.3, -0.25) is 14.4 Å². The quantitative estimate of drug-likeness (QED) is 0.826. The van der Waals surface area contributed by atoms with Crippen molar-refractivity contribution in [3.63, 3.8) is 0 Å². The minimum absolute atomic E-state index is 0.00928. The molecule has 1 N–H and O–H groups in total. The zero-order chi connectivity index (χ0) is 19.3. The first-order valence-corrected chi connectivity index (χ1v) is 9.81. The number of amides is 3. The number of hydrogen-bond acceptors (Lipinski definition) is 4. The molecule has 0 saturated carbocycles. The number of nitrogens with one attached hydrogen (secondary N) is 1. The minimum Gasteiger partial charge on any atom is -0.350 e. The molecule has 0 aliphatic carbocycles. The molecule has 1 aliphatic heterocycles. The summed E-state index contributed by atoms with van der Waals surface area (Å²) in [5.74, 6) is 0.0926. The molecular weight excluding hydrogens is 350 g/mol. The van der Waals surface area contributed by atoms with E-state index in [1.165, 1.54) is 16.7 Å². The van der Waals surface area contributed by atoms with Gasteiger partial charge in [-0.05, 0) is 39.8 Å². The Hall–Kier alpha value is -2.02. The average Bonchev–Trinajstić information content (AvgIpc) is 2.57. The molecule has 3 amide bonds. The van der Waals surface area contributed by atoms with Crippen LogP contribution in [0.5, 0.6) is 0 Å². The molecule has 1 aromatic carbocycles.